The Labute approximate surface area is 77.4 Å². The van der Waals surface area contributed by atoms with Gasteiger partial charge in [0.1, 0.15) is 0 Å². The second-order valence-corrected chi connectivity index (χ2v) is 3.97. The van der Waals surface area contributed by atoms with Crippen molar-refractivity contribution in [1.29, 1.82) is 0 Å². The molecule has 0 saturated heterocycles. The quantitative estimate of drug-likeness (QED) is 0.611. The standard InChI is InChI=1S/C9H13N3O/c1-6(13)8-11-7(5-10-12-8)9(2,3)4/h5H,1-4H3. The molecule has 0 bridgehead atoms. The predicted octanol–water partition coefficient (Wildman–Crippen LogP) is 1.37. The lowest BCUT2D eigenvalue weighted by molar-refractivity contribution is 0.100. The minimum atomic E-state index is -0.154. The number of ketones is 1. The third-order valence-corrected chi connectivity index (χ3v) is 1.64. The van der Waals surface area contributed by atoms with E-state index in [1.54, 1.807) is 6.20 Å². The number of carbonyl (C=O) groups is 1. The molecule has 0 fully saturated rings. The van der Waals surface area contributed by atoms with Crippen LogP contribution < -0.4 is 0 Å². The molecule has 4 heteroatoms. The monoisotopic (exact) mass is 179 g/mol. The molecule has 4 nitrogen and oxygen atoms in total. The van der Waals surface area contributed by atoms with E-state index in [0.29, 0.717) is 0 Å². The summed E-state index contributed by atoms with van der Waals surface area (Å²) in [6.45, 7) is 7.48. The van der Waals surface area contributed by atoms with E-state index in [0.717, 1.165) is 5.69 Å². The van der Waals surface area contributed by atoms with Gasteiger partial charge in [-0.25, -0.2) is 4.98 Å². The Hall–Kier alpha value is -1.32. The molecule has 1 aromatic heterocycles. The Bertz CT molecular complexity index is 328. The minimum Gasteiger partial charge on any atom is -0.291 e. The van der Waals surface area contributed by atoms with Gasteiger partial charge in [-0.1, -0.05) is 20.8 Å². The van der Waals surface area contributed by atoms with Gasteiger partial charge < -0.3 is 0 Å². The normalized spacial score (nSPS) is 11.4. The molecule has 0 N–H and O–H groups in total. The van der Waals surface area contributed by atoms with Crippen molar-refractivity contribution in [2.24, 2.45) is 0 Å². The molecule has 0 saturated carbocycles. The summed E-state index contributed by atoms with van der Waals surface area (Å²) >= 11 is 0. The van der Waals surface area contributed by atoms with E-state index in [9.17, 15) is 4.79 Å². The number of hydrogen-bond donors (Lipinski definition) is 0. The first kappa shape index (κ1) is 9.77. The minimum absolute atomic E-state index is 0.0971. The zero-order valence-electron chi connectivity index (χ0n) is 8.33. The molecular formula is C9H13N3O. The van der Waals surface area contributed by atoms with Crippen molar-refractivity contribution >= 4 is 5.78 Å². The molecular weight excluding hydrogens is 166 g/mol. The van der Waals surface area contributed by atoms with Crippen LogP contribution in [-0.4, -0.2) is 21.0 Å². The SMILES string of the molecule is CC(=O)c1nncc(C(C)(C)C)n1. The first-order valence-corrected chi connectivity index (χ1v) is 4.12. The molecule has 70 valence electrons. The average molecular weight is 179 g/mol. The van der Waals surface area contributed by atoms with Crippen molar-refractivity contribution in [2.45, 2.75) is 33.1 Å². The van der Waals surface area contributed by atoms with Crippen molar-refractivity contribution in [1.82, 2.24) is 15.2 Å². The Morgan fingerprint density at radius 2 is 2.00 bits per heavy atom. The Morgan fingerprint density at radius 3 is 2.46 bits per heavy atom. The number of nitrogens with zero attached hydrogens (tertiary/aromatic N) is 3. The summed E-state index contributed by atoms with van der Waals surface area (Å²) in [6.07, 6.45) is 1.59. The molecule has 0 aliphatic rings. The van der Waals surface area contributed by atoms with Crippen LogP contribution in [0, 0.1) is 0 Å². The van der Waals surface area contributed by atoms with Gasteiger partial charge >= 0.3 is 0 Å². The molecule has 0 aliphatic heterocycles. The molecule has 1 heterocycles. The van der Waals surface area contributed by atoms with E-state index in [1.807, 2.05) is 20.8 Å². The van der Waals surface area contributed by atoms with Crippen LogP contribution >= 0.6 is 0 Å². The van der Waals surface area contributed by atoms with E-state index in [2.05, 4.69) is 15.2 Å². The highest BCUT2D eigenvalue weighted by atomic mass is 16.1. The Balaban J connectivity index is 3.13. The molecule has 1 aromatic rings. The van der Waals surface area contributed by atoms with Gasteiger partial charge in [-0.15, -0.1) is 5.10 Å². The van der Waals surface area contributed by atoms with Crippen LogP contribution in [0.4, 0.5) is 0 Å². The lowest BCUT2D eigenvalue weighted by Crippen LogP contribution is -2.17. The second kappa shape index (κ2) is 3.20. The Kier molecular flexibility index (Phi) is 2.40. The van der Waals surface area contributed by atoms with Crippen molar-refractivity contribution in [3.05, 3.63) is 17.7 Å². The largest absolute Gasteiger partial charge is 0.291 e. The summed E-state index contributed by atoms with van der Waals surface area (Å²) in [5, 5.41) is 7.38. The summed E-state index contributed by atoms with van der Waals surface area (Å²) in [6, 6.07) is 0. The highest BCUT2D eigenvalue weighted by molar-refractivity contribution is 5.89. The van der Waals surface area contributed by atoms with Crippen LogP contribution in [0.3, 0.4) is 0 Å². The molecule has 1 rings (SSSR count). The summed E-state index contributed by atoms with van der Waals surface area (Å²) in [4.78, 5) is 15.1. The fraction of sp³-hybridized carbons (Fsp3) is 0.556. The van der Waals surface area contributed by atoms with Crippen LogP contribution in [0.5, 0.6) is 0 Å². The van der Waals surface area contributed by atoms with Gasteiger partial charge in [-0.2, -0.15) is 5.10 Å². The van der Waals surface area contributed by atoms with E-state index >= 15 is 0 Å². The first-order chi connectivity index (χ1) is 5.91. The van der Waals surface area contributed by atoms with Crippen LogP contribution in [0.15, 0.2) is 6.20 Å². The zero-order valence-corrected chi connectivity index (χ0v) is 8.33. The van der Waals surface area contributed by atoms with Crippen molar-refractivity contribution in [2.75, 3.05) is 0 Å². The van der Waals surface area contributed by atoms with E-state index in [-0.39, 0.29) is 17.0 Å². The molecule has 13 heavy (non-hydrogen) atoms. The van der Waals surface area contributed by atoms with Crippen molar-refractivity contribution < 1.29 is 4.79 Å². The lowest BCUT2D eigenvalue weighted by atomic mass is 9.93. The molecule has 0 radical (unpaired) electrons. The second-order valence-electron chi connectivity index (χ2n) is 3.97. The fourth-order valence-electron chi connectivity index (χ4n) is 0.814. The number of rotatable bonds is 1. The topological polar surface area (TPSA) is 55.7 Å². The van der Waals surface area contributed by atoms with Gasteiger partial charge in [-0.05, 0) is 0 Å². The Morgan fingerprint density at radius 1 is 1.38 bits per heavy atom. The highest BCUT2D eigenvalue weighted by Gasteiger charge is 2.17. The number of aromatic nitrogens is 3. The summed E-state index contributed by atoms with van der Waals surface area (Å²) in [5.41, 5.74) is 0.688. The average Bonchev–Trinajstić information content (AvgIpc) is 2.03. The van der Waals surface area contributed by atoms with Crippen LogP contribution in [0.2, 0.25) is 0 Å². The maximum Gasteiger partial charge on any atom is 0.217 e. The molecule has 0 aromatic carbocycles. The lowest BCUT2D eigenvalue weighted by Gasteiger charge is -2.16. The number of hydrogen-bond acceptors (Lipinski definition) is 4. The van der Waals surface area contributed by atoms with Crippen LogP contribution in [-0.2, 0) is 5.41 Å². The fourth-order valence-corrected chi connectivity index (χ4v) is 0.814. The maximum absolute atomic E-state index is 11.0. The molecule has 0 spiro atoms. The number of carbonyl (C=O) groups excluding carboxylic acids is 1. The van der Waals surface area contributed by atoms with Crippen LogP contribution in [0.1, 0.15) is 44.0 Å². The third kappa shape index (κ3) is 2.31. The van der Waals surface area contributed by atoms with Crippen molar-refractivity contribution in [3.63, 3.8) is 0 Å². The summed E-state index contributed by atoms with van der Waals surface area (Å²) in [7, 11) is 0. The maximum atomic E-state index is 11.0. The predicted molar refractivity (Wildman–Crippen MR) is 48.5 cm³/mol. The summed E-state index contributed by atoms with van der Waals surface area (Å²) in [5.74, 6) is 0.0334. The molecule has 0 aliphatic carbocycles. The van der Waals surface area contributed by atoms with E-state index in [4.69, 9.17) is 0 Å². The molecule has 0 unspecified atom stereocenters. The van der Waals surface area contributed by atoms with E-state index < -0.39 is 0 Å². The van der Waals surface area contributed by atoms with E-state index in [1.165, 1.54) is 6.92 Å². The summed E-state index contributed by atoms with van der Waals surface area (Å²) < 4.78 is 0. The molecule has 0 atom stereocenters. The zero-order chi connectivity index (χ0) is 10.1. The van der Waals surface area contributed by atoms with Gasteiger partial charge in [0.25, 0.3) is 0 Å². The van der Waals surface area contributed by atoms with Gasteiger partial charge in [0, 0.05) is 12.3 Å². The molecule has 0 amide bonds. The van der Waals surface area contributed by atoms with Crippen LogP contribution in [0.25, 0.3) is 0 Å². The first-order valence-electron chi connectivity index (χ1n) is 4.12. The van der Waals surface area contributed by atoms with Gasteiger partial charge in [0.15, 0.2) is 5.78 Å². The number of Topliss-reactive ketones (excluding diaryl/α,β-unsaturated/α-hetero) is 1. The third-order valence-electron chi connectivity index (χ3n) is 1.64. The highest BCUT2D eigenvalue weighted by Crippen LogP contribution is 2.18. The van der Waals surface area contributed by atoms with Gasteiger partial charge in [0.2, 0.25) is 5.82 Å². The van der Waals surface area contributed by atoms with Gasteiger partial charge in [-0.3, -0.25) is 4.79 Å². The smallest absolute Gasteiger partial charge is 0.217 e. The van der Waals surface area contributed by atoms with Crippen molar-refractivity contribution in [3.8, 4) is 0 Å². The van der Waals surface area contributed by atoms with Gasteiger partial charge in [0.05, 0.1) is 11.9 Å².